The summed E-state index contributed by atoms with van der Waals surface area (Å²) < 4.78 is 0. The van der Waals surface area contributed by atoms with Gasteiger partial charge >= 0.3 is 0 Å². The summed E-state index contributed by atoms with van der Waals surface area (Å²) in [6.45, 7) is 16.1. The van der Waals surface area contributed by atoms with Crippen LogP contribution in [0.2, 0.25) is 10.0 Å². The average Bonchev–Trinajstić information content (AvgIpc) is 3.97. The number of hydrogen-bond donors (Lipinski definition) is 6. The number of carbonyl (C=O) groups is 2. The zero-order valence-corrected chi connectivity index (χ0v) is 40.2. The molecular formula is C44H52Cl2N14O4S2. The number of halogens is 2. The number of thiazole rings is 2. The molecule has 0 bridgehead atoms. The smallest absolute Gasteiger partial charge is 0.267 e. The molecule has 0 radical (unpaired) electrons. The zero-order chi connectivity index (χ0) is 46.7. The van der Waals surface area contributed by atoms with Crippen LogP contribution in [0, 0.1) is 27.7 Å². The van der Waals surface area contributed by atoms with Crippen molar-refractivity contribution in [3.8, 4) is 0 Å². The normalized spacial score (nSPS) is 14.4. The third-order valence-electron chi connectivity index (χ3n) is 10.7. The van der Waals surface area contributed by atoms with Crippen molar-refractivity contribution in [3.63, 3.8) is 0 Å². The predicted octanol–water partition coefficient (Wildman–Crippen LogP) is 6.63. The molecule has 2 saturated heterocycles. The molecule has 66 heavy (non-hydrogen) atoms. The van der Waals surface area contributed by atoms with Crippen LogP contribution in [0.25, 0.3) is 0 Å². The fourth-order valence-corrected chi connectivity index (χ4v) is 9.24. The maximum absolute atomic E-state index is 12.7. The standard InChI is InChI=1S/2C22H26ClN7O2S/c2*1-14-4-3-5-16(23)20(14)28-21(32)17-13-24-22(33-17)27-18-12-19(26-15(2)25-18)30-8-6-29(7-9-30)10-11-31/h2*3-5,12-13,31H,6-11H2,1-2H3,(H,28,32)(H,24,25,26,27). The summed E-state index contributed by atoms with van der Waals surface area (Å²) in [5, 5.41) is 32.5. The van der Waals surface area contributed by atoms with E-state index >= 15 is 0 Å². The Morgan fingerprint density at radius 1 is 0.606 bits per heavy atom. The summed E-state index contributed by atoms with van der Waals surface area (Å²) in [4.78, 5) is 62.0. The van der Waals surface area contributed by atoms with Gasteiger partial charge in [-0.3, -0.25) is 19.4 Å². The topological polar surface area (TPSA) is 213 Å². The Morgan fingerprint density at radius 3 is 1.36 bits per heavy atom. The number of aliphatic hydroxyl groups is 2. The zero-order valence-electron chi connectivity index (χ0n) is 37.0. The molecule has 22 heteroatoms. The number of carbonyl (C=O) groups excluding carboxylic acids is 2. The number of piperazine rings is 2. The first-order valence-electron chi connectivity index (χ1n) is 21.3. The van der Waals surface area contributed by atoms with Gasteiger partial charge in [0.2, 0.25) is 0 Å². The van der Waals surface area contributed by atoms with Gasteiger partial charge in [0.05, 0.1) is 47.0 Å². The summed E-state index contributed by atoms with van der Waals surface area (Å²) in [7, 11) is 0. The predicted molar refractivity (Wildman–Crippen MR) is 264 cm³/mol. The van der Waals surface area contributed by atoms with Crippen molar-refractivity contribution in [1.29, 1.82) is 0 Å². The van der Waals surface area contributed by atoms with Gasteiger partial charge in [0.25, 0.3) is 11.8 Å². The lowest BCUT2D eigenvalue weighted by Crippen LogP contribution is -2.47. The molecule has 2 fully saturated rings. The minimum absolute atomic E-state index is 0.173. The van der Waals surface area contributed by atoms with Crippen molar-refractivity contribution in [3.05, 3.63) is 103 Å². The fraction of sp³-hybridized carbons (Fsp3) is 0.364. The van der Waals surface area contributed by atoms with Crippen molar-refractivity contribution in [2.45, 2.75) is 27.7 Å². The summed E-state index contributed by atoms with van der Waals surface area (Å²) >= 11 is 14.9. The van der Waals surface area contributed by atoms with Crippen LogP contribution >= 0.6 is 45.9 Å². The summed E-state index contributed by atoms with van der Waals surface area (Å²) in [5.41, 5.74) is 2.98. The van der Waals surface area contributed by atoms with Crippen LogP contribution < -0.4 is 31.1 Å². The molecule has 2 aromatic carbocycles. The molecule has 2 aliphatic rings. The molecule has 0 atom stereocenters. The monoisotopic (exact) mass is 974 g/mol. The molecule has 18 nitrogen and oxygen atoms in total. The van der Waals surface area contributed by atoms with E-state index in [1.807, 2.05) is 64.1 Å². The molecule has 0 aliphatic carbocycles. The Balaban J connectivity index is 0.000000196. The van der Waals surface area contributed by atoms with Crippen molar-refractivity contribution >= 4 is 103 Å². The van der Waals surface area contributed by atoms with E-state index in [9.17, 15) is 9.59 Å². The number of aliphatic hydroxyl groups excluding tert-OH is 2. The maximum atomic E-state index is 12.7. The summed E-state index contributed by atoms with van der Waals surface area (Å²) in [5.74, 6) is 3.70. The molecule has 8 rings (SSSR count). The molecule has 348 valence electrons. The molecule has 4 aromatic heterocycles. The highest BCUT2D eigenvalue weighted by molar-refractivity contribution is 7.18. The van der Waals surface area contributed by atoms with E-state index in [4.69, 9.17) is 33.4 Å². The molecule has 6 N–H and O–H groups in total. The van der Waals surface area contributed by atoms with Gasteiger partial charge in [-0.15, -0.1) is 0 Å². The Bertz CT molecular complexity index is 2400. The molecule has 0 unspecified atom stereocenters. The van der Waals surface area contributed by atoms with E-state index in [-0.39, 0.29) is 25.0 Å². The van der Waals surface area contributed by atoms with Crippen LogP contribution in [0.5, 0.6) is 0 Å². The lowest BCUT2D eigenvalue weighted by molar-refractivity contribution is 0.102. The van der Waals surface area contributed by atoms with Crippen molar-refractivity contribution in [2.24, 2.45) is 0 Å². The molecule has 2 aliphatic heterocycles. The van der Waals surface area contributed by atoms with Crippen LogP contribution in [0.15, 0.2) is 60.9 Å². The fourth-order valence-electron chi connectivity index (χ4n) is 7.26. The quantitative estimate of drug-likeness (QED) is 0.0676. The number of aryl methyl sites for hydroxylation is 4. The Morgan fingerprint density at radius 2 is 1.00 bits per heavy atom. The second-order valence-electron chi connectivity index (χ2n) is 15.5. The molecule has 2 amide bonds. The number of benzene rings is 2. The van der Waals surface area contributed by atoms with Gasteiger partial charge in [-0.25, -0.2) is 29.9 Å². The van der Waals surface area contributed by atoms with Gasteiger partial charge < -0.3 is 41.3 Å². The van der Waals surface area contributed by atoms with E-state index in [0.717, 1.165) is 75.1 Å². The number of amides is 2. The Labute approximate surface area is 401 Å². The Kier molecular flexibility index (Phi) is 16.7. The van der Waals surface area contributed by atoms with Crippen molar-refractivity contribution in [2.75, 3.05) is 110 Å². The lowest BCUT2D eigenvalue weighted by atomic mass is 10.2. The number of para-hydroxylation sites is 2. The van der Waals surface area contributed by atoms with Crippen LogP contribution in [-0.4, -0.2) is 140 Å². The highest BCUT2D eigenvalue weighted by Gasteiger charge is 2.22. The second-order valence-corrected chi connectivity index (χ2v) is 18.4. The van der Waals surface area contributed by atoms with Gasteiger partial charge in [-0.1, -0.05) is 70.1 Å². The highest BCUT2D eigenvalue weighted by atomic mass is 35.5. The van der Waals surface area contributed by atoms with Gasteiger partial charge in [-0.05, 0) is 51.0 Å². The van der Waals surface area contributed by atoms with E-state index in [2.05, 4.69) is 70.8 Å². The number of β-amino-alcohol motifs (C(OH)–C–C–N with tert-alkyl or cyclic N) is 2. The number of rotatable bonds is 14. The van der Waals surface area contributed by atoms with Crippen LogP contribution in [0.3, 0.4) is 0 Å². The number of anilines is 8. The third kappa shape index (κ3) is 12.9. The minimum atomic E-state index is -0.267. The van der Waals surface area contributed by atoms with Crippen LogP contribution in [-0.2, 0) is 0 Å². The van der Waals surface area contributed by atoms with Gasteiger partial charge in [0.1, 0.15) is 44.7 Å². The van der Waals surface area contributed by atoms with Crippen LogP contribution in [0.4, 0.5) is 44.9 Å². The molecule has 0 spiro atoms. The van der Waals surface area contributed by atoms with Gasteiger partial charge in [-0.2, -0.15) is 0 Å². The third-order valence-corrected chi connectivity index (χ3v) is 13.2. The minimum Gasteiger partial charge on any atom is -0.395 e. The number of aromatic nitrogens is 6. The second kappa shape index (κ2) is 22.7. The van der Waals surface area contributed by atoms with Gasteiger partial charge in [0, 0.05) is 77.6 Å². The highest BCUT2D eigenvalue weighted by Crippen LogP contribution is 2.31. The largest absolute Gasteiger partial charge is 0.395 e. The average molecular weight is 976 g/mol. The molecular weight excluding hydrogens is 924 g/mol. The summed E-state index contributed by atoms with van der Waals surface area (Å²) in [6.07, 6.45) is 3.06. The van der Waals surface area contributed by atoms with E-state index < -0.39 is 0 Å². The maximum Gasteiger partial charge on any atom is 0.267 e. The first-order chi connectivity index (χ1) is 31.8. The van der Waals surface area contributed by atoms with E-state index in [1.54, 1.807) is 12.1 Å². The first-order valence-corrected chi connectivity index (χ1v) is 23.7. The SMILES string of the molecule is Cc1nc(Nc2ncc(C(=O)Nc3c(C)cccc3Cl)s2)cc(N2CCN(CCO)CC2)n1.Cc1nc(Nc2ncc(C(=O)Nc3c(C)cccc3Cl)s2)cc(N2CCN(CCO)CC2)n1. The number of nitrogens with one attached hydrogen (secondary N) is 4. The van der Waals surface area contributed by atoms with Gasteiger partial charge in [0.15, 0.2) is 10.3 Å². The number of nitrogens with zero attached hydrogens (tertiary/aromatic N) is 10. The lowest BCUT2D eigenvalue weighted by Gasteiger charge is -2.35. The van der Waals surface area contributed by atoms with E-state index in [0.29, 0.717) is 77.8 Å². The molecule has 6 heterocycles. The summed E-state index contributed by atoms with van der Waals surface area (Å²) in [6, 6.07) is 14.7. The van der Waals surface area contributed by atoms with Crippen LogP contribution in [0.1, 0.15) is 42.1 Å². The molecule has 6 aromatic rings. The Hall–Kier alpha value is -5.58. The number of hydrogen-bond acceptors (Lipinski definition) is 18. The van der Waals surface area contributed by atoms with Crippen molar-refractivity contribution < 1.29 is 19.8 Å². The van der Waals surface area contributed by atoms with Crippen molar-refractivity contribution in [1.82, 2.24) is 39.7 Å². The van der Waals surface area contributed by atoms with E-state index in [1.165, 1.54) is 35.1 Å². The first kappa shape index (κ1) is 48.4. The molecule has 0 saturated carbocycles.